The molecule has 1 aromatic heterocycles. The minimum Gasteiger partial charge on any atom is -0.369 e. The molecule has 2 rings (SSSR count). The average molecular weight is 285 g/mol. The molecule has 0 amide bonds. The molecule has 1 aliphatic rings. The molecule has 5 nitrogen and oxygen atoms in total. The minimum absolute atomic E-state index is 0.226. The van der Waals surface area contributed by atoms with Crippen molar-refractivity contribution in [3.05, 3.63) is 21.6 Å². The van der Waals surface area contributed by atoms with Gasteiger partial charge < -0.3 is 9.80 Å². The van der Waals surface area contributed by atoms with Crippen LogP contribution in [0.4, 0.5) is 5.69 Å². The van der Waals surface area contributed by atoms with Crippen LogP contribution in [-0.2, 0) is 0 Å². The number of anilines is 1. The third kappa shape index (κ3) is 3.09. The Labute approximate surface area is 118 Å². The lowest BCUT2D eigenvalue weighted by atomic mass is 10.0. The van der Waals surface area contributed by atoms with Crippen molar-refractivity contribution in [2.45, 2.75) is 38.8 Å². The van der Waals surface area contributed by atoms with Crippen LogP contribution in [0.3, 0.4) is 0 Å². The lowest BCUT2D eigenvalue weighted by molar-refractivity contribution is 0.171. The van der Waals surface area contributed by atoms with E-state index in [9.17, 15) is 4.79 Å². The zero-order valence-corrected chi connectivity index (χ0v) is 12.4. The van der Waals surface area contributed by atoms with Gasteiger partial charge in [-0.05, 0) is 26.7 Å². The normalized spacial score (nSPS) is 17.9. The fourth-order valence-electron chi connectivity index (χ4n) is 2.61. The van der Waals surface area contributed by atoms with E-state index in [0.29, 0.717) is 17.8 Å². The van der Waals surface area contributed by atoms with Gasteiger partial charge in [-0.3, -0.25) is 4.79 Å². The third-order valence-electron chi connectivity index (χ3n) is 3.93. The van der Waals surface area contributed by atoms with Gasteiger partial charge in [0.25, 0.3) is 5.56 Å². The van der Waals surface area contributed by atoms with E-state index < -0.39 is 0 Å². The highest BCUT2D eigenvalue weighted by Crippen LogP contribution is 2.25. The van der Waals surface area contributed by atoms with E-state index in [1.807, 2.05) is 7.05 Å². The van der Waals surface area contributed by atoms with E-state index in [2.05, 4.69) is 33.8 Å². The number of nitrogens with one attached hydrogen (secondary N) is 1. The van der Waals surface area contributed by atoms with Gasteiger partial charge in [0.15, 0.2) is 0 Å². The summed E-state index contributed by atoms with van der Waals surface area (Å²) in [5.41, 5.74) is 0.388. The van der Waals surface area contributed by atoms with Crippen molar-refractivity contribution < 1.29 is 0 Å². The highest BCUT2D eigenvalue weighted by molar-refractivity contribution is 6.32. The van der Waals surface area contributed by atoms with Crippen LogP contribution in [0.15, 0.2) is 11.0 Å². The van der Waals surface area contributed by atoms with Gasteiger partial charge in [0.2, 0.25) is 0 Å². The first-order chi connectivity index (χ1) is 9.00. The van der Waals surface area contributed by atoms with Crippen molar-refractivity contribution in [2.24, 2.45) is 0 Å². The number of hydrogen-bond donors (Lipinski definition) is 1. The molecule has 6 heteroatoms. The number of aromatic amines is 1. The molecule has 106 valence electrons. The fraction of sp³-hybridized carbons (Fsp3) is 0.692. The predicted octanol–water partition coefficient (Wildman–Crippen LogP) is 1.73. The second-order valence-electron chi connectivity index (χ2n) is 5.37. The molecule has 0 radical (unpaired) electrons. The molecule has 0 aromatic carbocycles. The molecule has 1 N–H and O–H groups in total. The molecule has 0 saturated carbocycles. The molecular weight excluding hydrogens is 264 g/mol. The van der Waals surface area contributed by atoms with Gasteiger partial charge in [0, 0.05) is 32.2 Å². The van der Waals surface area contributed by atoms with E-state index in [4.69, 9.17) is 11.6 Å². The smallest absolute Gasteiger partial charge is 0.285 e. The van der Waals surface area contributed by atoms with Gasteiger partial charge in [-0.25, -0.2) is 5.10 Å². The van der Waals surface area contributed by atoms with Crippen molar-refractivity contribution in [3.63, 3.8) is 0 Å². The molecule has 19 heavy (non-hydrogen) atoms. The van der Waals surface area contributed by atoms with E-state index in [1.54, 1.807) is 6.20 Å². The summed E-state index contributed by atoms with van der Waals surface area (Å²) in [7, 11) is 1.98. The highest BCUT2D eigenvalue weighted by Gasteiger charge is 2.25. The Hall–Kier alpha value is -1.07. The van der Waals surface area contributed by atoms with Gasteiger partial charge in [-0.1, -0.05) is 11.6 Å². The van der Waals surface area contributed by atoms with Gasteiger partial charge in [0.1, 0.15) is 5.02 Å². The number of halogens is 1. The quantitative estimate of drug-likeness (QED) is 0.918. The number of aromatic nitrogens is 2. The molecular formula is C13H21ClN4O. The van der Waals surface area contributed by atoms with Crippen molar-refractivity contribution in [1.29, 1.82) is 0 Å². The number of H-pyrrole nitrogens is 1. The summed E-state index contributed by atoms with van der Waals surface area (Å²) in [6.45, 7) is 6.62. The number of hydrogen-bond acceptors (Lipinski definition) is 4. The summed E-state index contributed by atoms with van der Waals surface area (Å²) in [4.78, 5) is 16.0. The van der Waals surface area contributed by atoms with Crippen molar-refractivity contribution in [3.8, 4) is 0 Å². The number of likely N-dealkylation sites (tertiary alicyclic amines) is 1. The van der Waals surface area contributed by atoms with E-state index >= 15 is 0 Å². The molecule has 0 unspecified atom stereocenters. The standard InChI is InChI=1S/C13H21ClN4O/c1-9(2)18-6-4-10(5-7-18)17(3)11-8-15-16-13(19)12(11)14/h8-10H,4-7H2,1-3H3,(H,16,19). The first kappa shape index (κ1) is 14.3. The topological polar surface area (TPSA) is 52.2 Å². The van der Waals surface area contributed by atoms with Crippen LogP contribution in [0.5, 0.6) is 0 Å². The van der Waals surface area contributed by atoms with Crippen LogP contribution >= 0.6 is 11.6 Å². The largest absolute Gasteiger partial charge is 0.369 e. The Kier molecular flexibility index (Phi) is 4.47. The number of nitrogens with zero attached hydrogens (tertiary/aromatic N) is 3. The molecule has 1 aromatic rings. The molecule has 0 atom stereocenters. The minimum atomic E-state index is -0.328. The lowest BCUT2D eigenvalue weighted by Gasteiger charge is -2.39. The van der Waals surface area contributed by atoms with Crippen molar-refractivity contribution in [1.82, 2.24) is 15.1 Å². The van der Waals surface area contributed by atoms with Gasteiger partial charge in [-0.15, -0.1) is 0 Å². The van der Waals surface area contributed by atoms with Crippen LogP contribution in [0, 0.1) is 0 Å². The lowest BCUT2D eigenvalue weighted by Crippen LogP contribution is -2.46. The molecule has 1 aliphatic heterocycles. The van der Waals surface area contributed by atoms with Crippen LogP contribution in [0.2, 0.25) is 5.02 Å². The number of piperidine rings is 1. The van der Waals surface area contributed by atoms with Crippen LogP contribution < -0.4 is 10.5 Å². The summed E-state index contributed by atoms with van der Waals surface area (Å²) in [5.74, 6) is 0. The average Bonchev–Trinajstić information content (AvgIpc) is 2.41. The summed E-state index contributed by atoms with van der Waals surface area (Å²) in [6.07, 6.45) is 3.79. The van der Waals surface area contributed by atoms with Crippen LogP contribution in [-0.4, -0.2) is 47.3 Å². The predicted molar refractivity (Wildman–Crippen MR) is 78.0 cm³/mol. The summed E-state index contributed by atoms with van der Waals surface area (Å²) in [5, 5.41) is 6.40. The Morgan fingerprint density at radius 2 is 2.11 bits per heavy atom. The van der Waals surface area contributed by atoms with Crippen LogP contribution in [0.1, 0.15) is 26.7 Å². The maximum Gasteiger partial charge on any atom is 0.285 e. The maximum atomic E-state index is 11.5. The summed E-state index contributed by atoms with van der Waals surface area (Å²) in [6, 6.07) is 1.01. The maximum absolute atomic E-state index is 11.5. The van der Waals surface area contributed by atoms with Crippen molar-refractivity contribution in [2.75, 3.05) is 25.0 Å². The SMILES string of the molecule is CC(C)N1CCC(N(C)c2cn[nH]c(=O)c2Cl)CC1. The molecule has 0 bridgehead atoms. The van der Waals surface area contributed by atoms with Crippen molar-refractivity contribution >= 4 is 17.3 Å². The van der Waals surface area contributed by atoms with Gasteiger partial charge in [-0.2, -0.15) is 5.10 Å². The Bertz CT molecular complexity index is 480. The Morgan fingerprint density at radius 3 is 2.68 bits per heavy atom. The highest BCUT2D eigenvalue weighted by atomic mass is 35.5. The number of rotatable bonds is 3. The molecule has 1 saturated heterocycles. The zero-order valence-electron chi connectivity index (χ0n) is 11.7. The molecule has 2 heterocycles. The van der Waals surface area contributed by atoms with Gasteiger partial charge in [0.05, 0.1) is 11.9 Å². The monoisotopic (exact) mass is 284 g/mol. The molecule has 0 spiro atoms. The summed E-state index contributed by atoms with van der Waals surface area (Å²) >= 11 is 6.05. The third-order valence-corrected chi connectivity index (χ3v) is 4.30. The fourth-order valence-corrected chi connectivity index (χ4v) is 2.83. The first-order valence-electron chi connectivity index (χ1n) is 6.70. The first-order valence-corrected chi connectivity index (χ1v) is 7.08. The Balaban J connectivity index is 2.07. The molecule has 0 aliphatic carbocycles. The second-order valence-corrected chi connectivity index (χ2v) is 5.75. The zero-order chi connectivity index (χ0) is 14.0. The van der Waals surface area contributed by atoms with E-state index in [0.717, 1.165) is 25.9 Å². The van der Waals surface area contributed by atoms with E-state index in [1.165, 1.54) is 0 Å². The Morgan fingerprint density at radius 1 is 1.47 bits per heavy atom. The molecule has 1 fully saturated rings. The summed E-state index contributed by atoms with van der Waals surface area (Å²) < 4.78 is 0. The van der Waals surface area contributed by atoms with E-state index in [-0.39, 0.29) is 10.6 Å². The van der Waals surface area contributed by atoms with Crippen LogP contribution in [0.25, 0.3) is 0 Å². The second kappa shape index (κ2) is 5.92. The van der Waals surface area contributed by atoms with Gasteiger partial charge >= 0.3 is 0 Å².